The molecule has 0 N–H and O–H groups in total. The van der Waals surface area contributed by atoms with Crippen LogP contribution in [0.3, 0.4) is 0 Å². The lowest BCUT2D eigenvalue weighted by molar-refractivity contribution is -0.155. The topological polar surface area (TPSA) is 29.5 Å². The molecule has 3 nitrogen and oxygen atoms in total. The van der Waals surface area contributed by atoms with Crippen molar-refractivity contribution in [2.45, 2.75) is 66.0 Å². The highest BCUT2D eigenvalue weighted by molar-refractivity contribution is 5.70. The molecule has 0 radical (unpaired) electrons. The van der Waals surface area contributed by atoms with Crippen LogP contribution in [-0.2, 0) is 9.53 Å². The Labute approximate surface area is 100 Å². The molecule has 1 unspecified atom stereocenters. The Morgan fingerprint density at radius 3 is 2.25 bits per heavy atom. The molecular formula is C13H27NO2. The van der Waals surface area contributed by atoms with Crippen LogP contribution >= 0.6 is 0 Å². The summed E-state index contributed by atoms with van der Waals surface area (Å²) < 4.78 is 5.28. The molecule has 1 atom stereocenters. The third kappa shape index (κ3) is 6.83. The molecule has 0 aliphatic rings. The molecule has 0 spiro atoms. The monoisotopic (exact) mass is 229 g/mol. The summed E-state index contributed by atoms with van der Waals surface area (Å²) >= 11 is 0. The highest BCUT2D eigenvalue weighted by atomic mass is 16.6. The molecule has 0 saturated heterocycles. The minimum Gasteiger partial charge on any atom is -0.460 e. The van der Waals surface area contributed by atoms with Gasteiger partial charge in [-0.1, -0.05) is 13.8 Å². The van der Waals surface area contributed by atoms with Crippen LogP contribution in [-0.4, -0.2) is 35.6 Å². The van der Waals surface area contributed by atoms with Crippen molar-refractivity contribution in [2.75, 3.05) is 13.1 Å². The van der Waals surface area contributed by atoms with Crippen LogP contribution in [0.25, 0.3) is 0 Å². The molecule has 0 bridgehead atoms. The summed E-state index contributed by atoms with van der Waals surface area (Å²) in [6.07, 6.45) is 1.59. The minimum absolute atomic E-state index is 0.103. The SMILES string of the molecule is CCC(C)N(CC)CCC(=O)OC(C)(C)C. The number of nitrogens with zero attached hydrogens (tertiary/aromatic N) is 1. The highest BCUT2D eigenvalue weighted by Gasteiger charge is 2.17. The number of carbonyl (C=O) groups excluding carboxylic acids is 1. The highest BCUT2D eigenvalue weighted by Crippen LogP contribution is 2.10. The number of hydrogen-bond acceptors (Lipinski definition) is 3. The van der Waals surface area contributed by atoms with Crippen molar-refractivity contribution >= 4 is 5.97 Å². The Hall–Kier alpha value is -0.570. The van der Waals surface area contributed by atoms with Gasteiger partial charge in [-0.2, -0.15) is 0 Å². The summed E-state index contributed by atoms with van der Waals surface area (Å²) in [6.45, 7) is 14.0. The van der Waals surface area contributed by atoms with E-state index in [0.29, 0.717) is 12.5 Å². The normalized spacial score (nSPS) is 13.9. The fourth-order valence-corrected chi connectivity index (χ4v) is 1.58. The molecule has 0 saturated carbocycles. The number of esters is 1. The zero-order chi connectivity index (χ0) is 12.8. The van der Waals surface area contributed by atoms with Crippen molar-refractivity contribution in [1.29, 1.82) is 0 Å². The van der Waals surface area contributed by atoms with Crippen molar-refractivity contribution in [3.8, 4) is 0 Å². The quantitative estimate of drug-likeness (QED) is 0.656. The first-order valence-corrected chi connectivity index (χ1v) is 6.26. The lowest BCUT2D eigenvalue weighted by atomic mass is 10.2. The van der Waals surface area contributed by atoms with E-state index in [0.717, 1.165) is 19.5 Å². The van der Waals surface area contributed by atoms with Crippen LogP contribution < -0.4 is 0 Å². The smallest absolute Gasteiger partial charge is 0.307 e. The van der Waals surface area contributed by atoms with E-state index in [2.05, 4.69) is 25.7 Å². The summed E-state index contributed by atoms with van der Waals surface area (Å²) in [5.41, 5.74) is -0.371. The minimum atomic E-state index is -0.371. The van der Waals surface area contributed by atoms with E-state index in [1.807, 2.05) is 20.8 Å². The molecule has 3 heteroatoms. The van der Waals surface area contributed by atoms with E-state index >= 15 is 0 Å². The molecule has 0 aromatic carbocycles. The van der Waals surface area contributed by atoms with Gasteiger partial charge in [0.05, 0.1) is 6.42 Å². The standard InChI is InChI=1S/C13H27NO2/c1-7-11(3)14(8-2)10-9-12(15)16-13(4,5)6/h11H,7-10H2,1-6H3. The summed E-state index contributed by atoms with van der Waals surface area (Å²) in [6, 6.07) is 0.535. The fraction of sp³-hybridized carbons (Fsp3) is 0.923. The van der Waals surface area contributed by atoms with Crippen LogP contribution in [0.15, 0.2) is 0 Å². The fourth-order valence-electron chi connectivity index (χ4n) is 1.58. The molecule has 0 aliphatic heterocycles. The van der Waals surface area contributed by atoms with Gasteiger partial charge in [0, 0.05) is 12.6 Å². The molecule has 96 valence electrons. The van der Waals surface area contributed by atoms with Gasteiger partial charge in [0.2, 0.25) is 0 Å². The molecule has 0 aliphatic carbocycles. The second kappa shape index (κ2) is 6.89. The predicted molar refractivity (Wildman–Crippen MR) is 67.5 cm³/mol. The Balaban J connectivity index is 3.98. The Morgan fingerprint density at radius 2 is 1.88 bits per heavy atom. The average Bonchev–Trinajstić information content (AvgIpc) is 2.15. The summed E-state index contributed by atoms with van der Waals surface area (Å²) in [5, 5.41) is 0. The van der Waals surface area contributed by atoms with Gasteiger partial charge in [-0.15, -0.1) is 0 Å². The first kappa shape index (κ1) is 15.4. The van der Waals surface area contributed by atoms with Crippen molar-refractivity contribution in [1.82, 2.24) is 4.90 Å². The maximum absolute atomic E-state index is 11.5. The van der Waals surface area contributed by atoms with Crippen molar-refractivity contribution in [2.24, 2.45) is 0 Å². The van der Waals surface area contributed by atoms with Crippen LogP contribution in [0.4, 0.5) is 0 Å². The van der Waals surface area contributed by atoms with Crippen LogP contribution in [0.5, 0.6) is 0 Å². The maximum atomic E-state index is 11.5. The zero-order valence-corrected chi connectivity index (χ0v) is 11.7. The first-order valence-electron chi connectivity index (χ1n) is 6.26. The molecule has 0 aromatic rings. The molecule has 0 fully saturated rings. The number of hydrogen-bond donors (Lipinski definition) is 0. The molecule has 0 heterocycles. The zero-order valence-electron chi connectivity index (χ0n) is 11.7. The van der Waals surface area contributed by atoms with Crippen molar-refractivity contribution in [3.63, 3.8) is 0 Å². The van der Waals surface area contributed by atoms with E-state index in [-0.39, 0.29) is 11.6 Å². The van der Waals surface area contributed by atoms with Gasteiger partial charge in [0.15, 0.2) is 0 Å². The summed E-state index contributed by atoms with van der Waals surface area (Å²) in [5.74, 6) is -0.103. The molecule has 16 heavy (non-hydrogen) atoms. The second-order valence-corrected chi connectivity index (χ2v) is 5.22. The van der Waals surface area contributed by atoms with Gasteiger partial charge in [0.25, 0.3) is 0 Å². The van der Waals surface area contributed by atoms with Gasteiger partial charge < -0.3 is 9.64 Å². The maximum Gasteiger partial charge on any atom is 0.307 e. The van der Waals surface area contributed by atoms with E-state index in [4.69, 9.17) is 4.74 Å². The van der Waals surface area contributed by atoms with Crippen molar-refractivity contribution in [3.05, 3.63) is 0 Å². The van der Waals surface area contributed by atoms with Crippen LogP contribution in [0.1, 0.15) is 54.4 Å². The Kier molecular flexibility index (Phi) is 6.65. The molecule has 0 amide bonds. The van der Waals surface area contributed by atoms with E-state index in [9.17, 15) is 4.79 Å². The average molecular weight is 229 g/mol. The third-order valence-electron chi connectivity index (χ3n) is 2.64. The van der Waals surface area contributed by atoms with Gasteiger partial charge >= 0.3 is 5.97 Å². The Morgan fingerprint density at radius 1 is 1.31 bits per heavy atom. The van der Waals surface area contributed by atoms with Gasteiger partial charge in [-0.05, 0) is 40.7 Å². The predicted octanol–water partition coefficient (Wildman–Crippen LogP) is 2.84. The van der Waals surface area contributed by atoms with Gasteiger partial charge in [-0.25, -0.2) is 0 Å². The van der Waals surface area contributed by atoms with E-state index < -0.39 is 0 Å². The largest absolute Gasteiger partial charge is 0.460 e. The van der Waals surface area contributed by atoms with E-state index in [1.165, 1.54) is 0 Å². The van der Waals surface area contributed by atoms with Gasteiger partial charge in [0.1, 0.15) is 5.60 Å². The summed E-state index contributed by atoms with van der Waals surface area (Å²) in [4.78, 5) is 13.9. The lowest BCUT2D eigenvalue weighted by Gasteiger charge is -2.27. The second-order valence-electron chi connectivity index (χ2n) is 5.22. The lowest BCUT2D eigenvalue weighted by Crippen LogP contribution is -2.35. The third-order valence-corrected chi connectivity index (χ3v) is 2.64. The Bertz CT molecular complexity index is 208. The van der Waals surface area contributed by atoms with Crippen molar-refractivity contribution < 1.29 is 9.53 Å². The molecular weight excluding hydrogens is 202 g/mol. The van der Waals surface area contributed by atoms with Crippen LogP contribution in [0, 0.1) is 0 Å². The number of carbonyl (C=O) groups is 1. The summed E-state index contributed by atoms with van der Waals surface area (Å²) in [7, 11) is 0. The first-order chi connectivity index (χ1) is 7.30. The number of ether oxygens (including phenoxy) is 1. The number of rotatable bonds is 6. The van der Waals surface area contributed by atoms with E-state index in [1.54, 1.807) is 0 Å². The molecule has 0 rings (SSSR count). The van der Waals surface area contributed by atoms with Crippen LogP contribution in [0.2, 0.25) is 0 Å². The molecule has 0 aromatic heterocycles. The van der Waals surface area contributed by atoms with Gasteiger partial charge in [-0.3, -0.25) is 4.79 Å².